The molecule has 0 fully saturated rings. The molecule has 0 unspecified atom stereocenters. The van der Waals surface area contributed by atoms with E-state index in [0.717, 1.165) is 50.5 Å². The number of carbonyl (C=O) groups excluding carboxylic acids is 1. The number of rotatable bonds is 7. The second-order valence-corrected chi connectivity index (χ2v) is 7.25. The van der Waals surface area contributed by atoms with Crippen LogP contribution in [0.25, 0.3) is 16.5 Å². The van der Waals surface area contributed by atoms with Gasteiger partial charge in [0, 0.05) is 28.3 Å². The average Bonchev–Trinajstić information content (AvgIpc) is 3.00. The van der Waals surface area contributed by atoms with Gasteiger partial charge in [-0.3, -0.25) is 4.79 Å². The van der Waals surface area contributed by atoms with Crippen LogP contribution in [0.15, 0.2) is 40.8 Å². The molecular formula is C25H29NO4. The first-order chi connectivity index (χ1) is 14.3. The number of hydrogen-bond acceptors (Lipinski definition) is 4. The Hall–Kier alpha value is -3.21. The highest BCUT2D eigenvalue weighted by molar-refractivity contribution is 6.05. The van der Waals surface area contributed by atoms with E-state index in [1.54, 1.807) is 6.08 Å². The monoisotopic (exact) mass is 407 g/mol. The molecule has 1 amide bonds. The van der Waals surface area contributed by atoms with Crippen LogP contribution < -0.4 is 14.8 Å². The van der Waals surface area contributed by atoms with Crippen molar-refractivity contribution in [3.05, 3.63) is 58.9 Å². The fourth-order valence-electron chi connectivity index (χ4n) is 3.49. The van der Waals surface area contributed by atoms with Crippen molar-refractivity contribution in [2.24, 2.45) is 0 Å². The van der Waals surface area contributed by atoms with Crippen molar-refractivity contribution >= 4 is 28.1 Å². The molecular weight excluding hydrogens is 378 g/mol. The summed E-state index contributed by atoms with van der Waals surface area (Å²) in [5, 5.41) is 3.94. The largest absolute Gasteiger partial charge is 0.494 e. The normalized spacial score (nSPS) is 11.6. The van der Waals surface area contributed by atoms with E-state index in [1.807, 2.05) is 65.8 Å². The minimum absolute atomic E-state index is 0.197. The quantitative estimate of drug-likeness (QED) is 0.474. The maximum atomic E-state index is 12.6. The highest BCUT2D eigenvalue weighted by atomic mass is 16.5. The molecule has 5 heteroatoms. The van der Waals surface area contributed by atoms with Crippen molar-refractivity contribution < 1.29 is 18.7 Å². The predicted octanol–water partition coefficient (Wildman–Crippen LogP) is 6.20. The molecule has 0 spiro atoms. The van der Waals surface area contributed by atoms with Crippen molar-refractivity contribution in [2.45, 2.75) is 41.5 Å². The van der Waals surface area contributed by atoms with Gasteiger partial charge in [0.1, 0.15) is 22.8 Å². The molecule has 0 aliphatic rings. The first-order valence-electron chi connectivity index (χ1n) is 10.2. The van der Waals surface area contributed by atoms with Crippen molar-refractivity contribution in [2.75, 3.05) is 18.5 Å². The Morgan fingerprint density at radius 3 is 2.33 bits per heavy atom. The zero-order chi connectivity index (χ0) is 21.8. The smallest absolute Gasteiger partial charge is 0.248 e. The van der Waals surface area contributed by atoms with E-state index in [2.05, 4.69) is 11.4 Å². The lowest BCUT2D eigenvalue weighted by Crippen LogP contribution is -2.09. The number of allylic oxidation sites excluding steroid dienone is 1. The van der Waals surface area contributed by atoms with E-state index in [1.165, 1.54) is 0 Å². The molecule has 30 heavy (non-hydrogen) atoms. The number of furan rings is 1. The SMILES string of the molecule is CCOc1ccc(NC(=O)/C=C(\C)c2cc3c(C)c(C)oc3c(C)c2OCC)cc1. The molecule has 0 radical (unpaired) electrons. The summed E-state index contributed by atoms with van der Waals surface area (Å²) in [5.41, 5.74) is 5.32. The Morgan fingerprint density at radius 1 is 1.03 bits per heavy atom. The number of anilines is 1. The van der Waals surface area contributed by atoms with Gasteiger partial charge >= 0.3 is 0 Å². The van der Waals surface area contributed by atoms with Crippen LogP contribution in [0.5, 0.6) is 11.5 Å². The fraction of sp³-hybridized carbons (Fsp3) is 0.320. The second-order valence-electron chi connectivity index (χ2n) is 7.25. The van der Waals surface area contributed by atoms with Crippen molar-refractivity contribution in [3.8, 4) is 11.5 Å². The van der Waals surface area contributed by atoms with Gasteiger partial charge in [-0.25, -0.2) is 0 Å². The maximum absolute atomic E-state index is 12.6. The summed E-state index contributed by atoms with van der Waals surface area (Å²) >= 11 is 0. The molecule has 0 aliphatic carbocycles. The number of ether oxygens (including phenoxy) is 2. The number of amides is 1. The van der Waals surface area contributed by atoms with Crippen LogP contribution >= 0.6 is 0 Å². The van der Waals surface area contributed by atoms with E-state index in [9.17, 15) is 4.79 Å². The number of aryl methyl sites for hydroxylation is 3. The fourth-order valence-corrected chi connectivity index (χ4v) is 3.49. The van der Waals surface area contributed by atoms with E-state index in [4.69, 9.17) is 13.9 Å². The molecule has 158 valence electrons. The molecule has 1 aromatic heterocycles. The molecule has 0 aliphatic heterocycles. The minimum Gasteiger partial charge on any atom is -0.494 e. The number of benzene rings is 2. The third kappa shape index (κ3) is 4.35. The van der Waals surface area contributed by atoms with Crippen LogP contribution in [0.1, 0.15) is 43.2 Å². The Morgan fingerprint density at radius 2 is 1.70 bits per heavy atom. The molecule has 5 nitrogen and oxygen atoms in total. The van der Waals surface area contributed by atoms with E-state index in [-0.39, 0.29) is 5.91 Å². The number of fused-ring (bicyclic) bond motifs is 1. The Kier molecular flexibility index (Phi) is 6.50. The van der Waals surface area contributed by atoms with E-state index >= 15 is 0 Å². The van der Waals surface area contributed by atoms with Gasteiger partial charge in [0.25, 0.3) is 0 Å². The number of carbonyl (C=O) groups is 1. The molecule has 0 bridgehead atoms. The molecule has 0 saturated carbocycles. The summed E-state index contributed by atoms with van der Waals surface area (Å²) in [4.78, 5) is 12.6. The number of nitrogens with one attached hydrogen (secondary N) is 1. The van der Waals surface area contributed by atoms with Crippen LogP contribution in [0, 0.1) is 20.8 Å². The van der Waals surface area contributed by atoms with Gasteiger partial charge in [0.2, 0.25) is 5.91 Å². The highest BCUT2D eigenvalue weighted by Gasteiger charge is 2.18. The highest BCUT2D eigenvalue weighted by Crippen LogP contribution is 2.38. The zero-order valence-electron chi connectivity index (χ0n) is 18.5. The Balaban J connectivity index is 1.93. The van der Waals surface area contributed by atoms with Crippen molar-refractivity contribution in [1.82, 2.24) is 0 Å². The summed E-state index contributed by atoms with van der Waals surface area (Å²) in [5.74, 6) is 2.22. The minimum atomic E-state index is -0.197. The zero-order valence-corrected chi connectivity index (χ0v) is 18.5. The third-order valence-corrected chi connectivity index (χ3v) is 5.14. The summed E-state index contributed by atoms with van der Waals surface area (Å²) < 4.78 is 17.3. The summed E-state index contributed by atoms with van der Waals surface area (Å²) in [6, 6.07) is 9.38. The van der Waals surface area contributed by atoms with E-state index < -0.39 is 0 Å². The lowest BCUT2D eigenvalue weighted by molar-refractivity contribution is -0.111. The van der Waals surface area contributed by atoms with Gasteiger partial charge in [0.05, 0.1) is 13.2 Å². The van der Waals surface area contributed by atoms with Crippen molar-refractivity contribution in [3.63, 3.8) is 0 Å². The first-order valence-corrected chi connectivity index (χ1v) is 10.2. The second kappa shape index (κ2) is 9.08. The summed E-state index contributed by atoms with van der Waals surface area (Å²) in [6.45, 7) is 12.9. The van der Waals surface area contributed by atoms with Gasteiger partial charge in [-0.15, -0.1) is 0 Å². The Labute approximate surface area is 177 Å². The summed E-state index contributed by atoms with van der Waals surface area (Å²) in [6.07, 6.45) is 1.60. The van der Waals surface area contributed by atoms with Crippen LogP contribution in [-0.2, 0) is 4.79 Å². The molecule has 1 heterocycles. The number of hydrogen-bond donors (Lipinski definition) is 1. The van der Waals surface area contributed by atoms with Gasteiger partial charge in [0.15, 0.2) is 0 Å². The Bertz CT molecular complexity index is 1090. The molecule has 2 aromatic carbocycles. The molecule has 3 rings (SSSR count). The van der Waals surface area contributed by atoms with Gasteiger partial charge in [-0.05, 0) is 83.0 Å². The molecule has 0 saturated heterocycles. The van der Waals surface area contributed by atoms with Crippen LogP contribution in [0.2, 0.25) is 0 Å². The van der Waals surface area contributed by atoms with Crippen LogP contribution in [-0.4, -0.2) is 19.1 Å². The standard InChI is InChI=1S/C25H29NO4/c1-7-28-20-11-9-19(10-12-20)26-23(27)13-15(3)21-14-22-16(4)18(6)30-25(22)17(5)24(21)29-8-2/h9-14H,7-8H2,1-6H3,(H,26,27)/b15-13+. The molecule has 1 N–H and O–H groups in total. The first kappa shape index (κ1) is 21.5. The lowest BCUT2D eigenvalue weighted by Gasteiger charge is -2.14. The molecule has 3 aromatic rings. The predicted molar refractivity (Wildman–Crippen MR) is 121 cm³/mol. The summed E-state index contributed by atoms with van der Waals surface area (Å²) in [7, 11) is 0. The van der Waals surface area contributed by atoms with Gasteiger partial charge in [-0.2, -0.15) is 0 Å². The van der Waals surface area contributed by atoms with Crippen molar-refractivity contribution in [1.29, 1.82) is 0 Å². The third-order valence-electron chi connectivity index (χ3n) is 5.14. The molecule has 0 atom stereocenters. The van der Waals surface area contributed by atoms with Crippen LogP contribution in [0.4, 0.5) is 5.69 Å². The maximum Gasteiger partial charge on any atom is 0.248 e. The lowest BCUT2D eigenvalue weighted by atomic mass is 9.98. The van der Waals surface area contributed by atoms with Gasteiger partial charge in [-0.1, -0.05) is 0 Å². The van der Waals surface area contributed by atoms with E-state index in [0.29, 0.717) is 18.9 Å². The average molecular weight is 408 g/mol. The van der Waals surface area contributed by atoms with Gasteiger partial charge < -0.3 is 19.2 Å². The topological polar surface area (TPSA) is 60.7 Å². The van der Waals surface area contributed by atoms with Crippen LogP contribution in [0.3, 0.4) is 0 Å².